The molecule has 0 atom stereocenters. The zero-order chi connectivity index (χ0) is 16.8. The molecule has 0 bridgehead atoms. The summed E-state index contributed by atoms with van der Waals surface area (Å²) in [7, 11) is 1.52. The number of nitrogens with one attached hydrogen (secondary N) is 1. The zero-order valence-electron chi connectivity index (χ0n) is 12.0. The van der Waals surface area contributed by atoms with E-state index < -0.39 is 10.8 Å². The number of amides is 1. The van der Waals surface area contributed by atoms with Crippen LogP contribution in [0.5, 0.6) is 5.75 Å². The highest BCUT2D eigenvalue weighted by Crippen LogP contribution is 2.25. The van der Waals surface area contributed by atoms with Crippen molar-refractivity contribution in [1.82, 2.24) is 5.43 Å². The van der Waals surface area contributed by atoms with E-state index in [1.54, 1.807) is 30.3 Å². The van der Waals surface area contributed by atoms with Crippen molar-refractivity contribution in [3.8, 4) is 5.75 Å². The molecule has 7 nitrogen and oxygen atoms in total. The molecule has 0 spiro atoms. The first kappa shape index (κ1) is 16.6. The number of ether oxygens (including phenoxy) is 1. The highest BCUT2D eigenvalue weighted by Gasteiger charge is 2.11. The van der Waals surface area contributed by atoms with E-state index in [1.807, 2.05) is 0 Å². The van der Waals surface area contributed by atoms with Gasteiger partial charge < -0.3 is 4.74 Å². The molecule has 0 aliphatic heterocycles. The lowest BCUT2D eigenvalue weighted by Gasteiger charge is -2.05. The number of carbonyl (C=O) groups excluding carboxylic acids is 1. The summed E-state index contributed by atoms with van der Waals surface area (Å²) in [4.78, 5) is 22.4. The van der Waals surface area contributed by atoms with Crippen molar-refractivity contribution in [3.63, 3.8) is 0 Å². The zero-order valence-corrected chi connectivity index (χ0v) is 13.6. The van der Waals surface area contributed by atoms with Gasteiger partial charge in [0, 0.05) is 11.6 Å². The average molecular weight is 378 g/mol. The van der Waals surface area contributed by atoms with Gasteiger partial charge in [-0.3, -0.25) is 14.9 Å². The Bertz CT molecular complexity index is 777. The van der Waals surface area contributed by atoms with E-state index in [1.165, 1.54) is 25.5 Å². The molecule has 2 rings (SSSR count). The summed E-state index contributed by atoms with van der Waals surface area (Å²) in [6, 6.07) is 10.9. The summed E-state index contributed by atoms with van der Waals surface area (Å²) in [5, 5.41) is 14.6. The van der Waals surface area contributed by atoms with Gasteiger partial charge in [-0.05, 0) is 40.2 Å². The maximum absolute atomic E-state index is 12.0. The highest BCUT2D eigenvalue weighted by atomic mass is 79.9. The van der Waals surface area contributed by atoms with E-state index in [0.29, 0.717) is 21.3 Å². The van der Waals surface area contributed by atoms with Crippen molar-refractivity contribution < 1.29 is 14.5 Å². The summed E-state index contributed by atoms with van der Waals surface area (Å²) in [6.45, 7) is 0. The van der Waals surface area contributed by atoms with Crippen LogP contribution < -0.4 is 10.2 Å². The third kappa shape index (κ3) is 4.13. The van der Waals surface area contributed by atoms with E-state index in [0.717, 1.165) is 0 Å². The molecule has 2 aromatic rings. The number of nitro groups is 1. The maximum atomic E-state index is 12.0. The summed E-state index contributed by atoms with van der Waals surface area (Å²) in [5.41, 5.74) is 2.91. The molecule has 0 heterocycles. The second-order valence-electron chi connectivity index (χ2n) is 4.36. The summed E-state index contributed by atoms with van der Waals surface area (Å²) < 4.78 is 5.72. The predicted octanol–water partition coefficient (Wildman–Crippen LogP) is 3.13. The van der Waals surface area contributed by atoms with Crippen LogP contribution in [-0.2, 0) is 0 Å². The Morgan fingerprint density at radius 1 is 1.35 bits per heavy atom. The van der Waals surface area contributed by atoms with E-state index in [-0.39, 0.29) is 5.69 Å². The first-order chi connectivity index (χ1) is 11.0. The van der Waals surface area contributed by atoms with Crippen molar-refractivity contribution >= 4 is 33.7 Å². The van der Waals surface area contributed by atoms with Gasteiger partial charge in [0.25, 0.3) is 11.6 Å². The molecule has 0 aliphatic rings. The second kappa shape index (κ2) is 7.50. The molecule has 2 aromatic carbocycles. The van der Waals surface area contributed by atoms with Crippen molar-refractivity contribution in [3.05, 3.63) is 68.2 Å². The minimum absolute atomic E-state index is 0.0855. The van der Waals surface area contributed by atoms with Gasteiger partial charge in [-0.1, -0.05) is 12.1 Å². The van der Waals surface area contributed by atoms with Crippen LogP contribution in [0.25, 0.3) is 0 Å². The van der Waals surface area contributed by atoms with E-state index >= 15 is 0 Å². The van der Waals surface area contributed by atoms with Crippen LogP contribution in [0, 0.1) is 10.1 Å². The van der Waals surface area contributed by atoms with Gasteiger partial charge in [0.2, 0.25) is 0 Å². The smallest absolute Gasteiger partial charge is 0.278 e. The molecule has 23 heavy (non-hydrogen) atoms. The Hall–Kier alpha value is -2.74. The lowest BCUT2D eigenvalue weighted by molar-refractivity contribution is -0.385. The van der Waals surface area contributed by atoms with Crippen LogP contribution in [0.3, 0.4) is 0 Å². The average Bonchev–Trinajstić information content (AvgIpc) is 2.55. The van der Waals surface area contributed by atoms with Crippen molar-refractivity contribution in [2.75, 3.05) is 7.11 Å². The van der Waals surface area contributed by atoms with Gasteiger partial charge >= 0.3 is 0 Å². The Morgan fingerprint density at radius 3 is 2.74 bits per heavy atom. The van der Waals surface area contributed by atoms with Crippen LogP contribution in [0.4, 0.5) is 5.69 Å². The number of hydrogen-bond acceptors (Lipinski definition) is 5. The fraction of sp³-hybridized carbons (Fsp3) is 0.0667. The third-order valence-corrected chi connectivity index (χ3v) is 3.54. The molecule has 0 saturated heterocycles. The minimum atomic E-state index is -0.510. The number of rotatable bonds is 5. The van der Waals surface area contributed by atoms with Gasteiger partial charge in [-0.2, -0.15) is 5.10 Å². The Balaban J connectivity index is 2.10. The first-order valence-corrected chi connectivity index (χ1v) is 7.22. The molecule has 8 heteroatoms. The topological polar surface area (TPSA) is 93.8 Å². The molecule has 0 radical (unpaired) electrons. The minimum Gasteiger partial charge on any atom is -0.496 e. The molecule has 1 amide bonds. The van der Waals surface area contributed by atoms with Crippen molar-refractivity contribution in [2.45, 2.75) is 0 Å². The van der Waals surface area contributed by atoms with Crippen molar-refractivity contribution in [1.29, 1.82) is 0 Å². The first-order valence-electron chi connectivity index (χ1n) is 6.43. The van der Waals surface area contributed by atoms with E-state index in [9.17, 15) is 14.9 Å². The third-order valence-electron chi connectivity index (χ3n) is 2.92. The molecule has 0 aliphatic carbocycles. The number of carbonyl (C=O) groups is 1. The number of nitrogens with zero attached hydrogens (tertiary/aromatic N) is 2. The van der Waals surface area contributed by atoms with E-state index in [2.05, 4.69) is 26.5 Å². The quantitative estimate of drug-likeness (QED) is 0.491. The lowest BCUT2D eigenvalue weighted by Crippen LogP contribution is -2.17. The molecule has 0 saturated carbocycles. The molecule has 0 aromatic heterocycles. The van der Waals surface area contributed by atoms with Gasteiger partial charge in [-0.25, -0.2) is 5.43 Å². The molecular weight excluding hydrogens is 366 g/mol. The normalized spacial score (nSPS) is 10.5. The lowest BCUT2D eigenvalue weighted by atomic mass is 10.2. The molecule has 118 valence electrons. The fourth-order valence-electron chi connectivity index (χ4n) is 1.80. The Morgan fingerprint density at radius 2 is 2.09 bits per heavy atom. The number of para-hydroxylation sites is 1. The number of hydrazone groups is 1. The predicted molar refractivity (Wildman–Crippen MR) is 88.9 cm³/mol. The summed E-state index contributed by atoms with van der Waals surface area (Å²) >= 11 is 3.29. The van der Waals surface area contributed by atoms with Crippen LogP contribution in [-0.4, -0.2) is 24.2 Å². The van der Waals surface area contributed by atoms with Crippen LogP contribution in [0.15, 0.2) is 52.0 Å². The number of hydrogen-bond donors (Lipinski definition) is 1. The highest BCUT2D eigenvalue weighted by molar-refractivity contribution is 9.10. The summed E-state index contributed by atoms with van der Waals surface area (Å²) in [6.07, 6.45) is 1.23. The standard InChI is InChI=1S/C15H12BrN3O4/c1-23-14-7-6-10(8-12(14)16)15(20)18-17-9-11-4-2-3-5-13(11)19(21)22/h2-9H,1H3,(H,18,20). The number of nitro benzene ring substituents is 1. The van der Waals surface area contributed by atoms with Gasteiger partial charge in [0.05, 0.1) is 28.3 Å². The molecular formula is C15H12BrN3O4. The number of halogens is 1. The number of methoxy groups -OCH3 is 1. The Labute approximate surface area is 140 Å². The van der Waals surface area contributed by atoms with Crippen LogP contribution in [0.1, 0.15) is 15.9 Å². The molecule has 0 unspecified atom stereocenters. The monoisotopic (exact) mass is 377 g/mol. The van der Waals surface area contributed by atoms with Crippen molar-refractivity contribution in [2.24, 2.45) is 5.10 Å². The van der Waals surface area contributed by atoms with Gasteiger partial charge in [0.15, 0.2) is 0 Å². The van der Waals surface area contributed by atoms with E-state index in [4.69, 9.17) is 4.74 Å². The van der Waals surface area contributed by atoms with Gasteiger partial charge in [0.1, 0.15) is 5.75 Å². The number of benzene rings is 2. The van der Waals surface area contributed by atoms with Crippen LogP contribution >= 0.6 is 15.9 Å². The summed E-state index contributed by atoms with van der Waals surface area (Å²) in [5.74, 6) is 0.160. The SMILES string of the molecule is COc1ccc(C(=O)NN=Cc2ccccc2[N+](=O)[O-])cc1Br. The maximum Gasteiger partial charge on any atom is 0.278 e. The van der Waals surface area contributed by atoms with Gasteiger partial charge in [-0.15, -0.1) is 0 Å². The van der Waals surface area contributed by atoms with Crippen LogP contribution in [0.2, 0.25) is 0 Å². The fourth-order valence-corrected chi connectivity index (χ4v) is 2.34. The Kier molecular flexibility index (Phi) is 5.42. The second-order valence-corrected chi connectivity index (χ2v) is 5.22. The largest absolute Gasteiger partial charge is 0.496 e. The molecule has 1 N–H and O–H groups in total. The molecule has 0 fully saturated rings.